The Hall–Kier alpha value is -3.18. The first-order valence-corrected chi connectivity index (χ1v) is 15.6. The molecule has 4 atom stereocenters. The van der Waals surface area contributed by atoms with Gasteiger partial charge in [0.1, 0.15) is 6.04 Å². The number of carbonyl (C=O) groups excluding carboxylic acids is 4. The van der Waals surface area contributed by atoms with Crippen LogP contribution in [0.15, 0.2) is 24.3 Å². The molecule has 11 nitrogen and oxygen atoms in total. The lowest BCUT2D eigenvalue weighted by molar-refractivity contribution is -0.135. The van der Waals surface area contributed by atoms with Gasteiger partial charge < -0.3 is 35.8 Å². The van der Waals surface area contributed by atoms with Crippen LogP contribution in [0.3, 0.4) is 0 Å². The second-order valence-corrected chi connectivity index (χ2v) is 13.2. The number of rotatable bonds is 9. The Morgan fingerprint density at radius 1 is 1.02 bits per heavy atom. The number of anilines is 1. The fraction of sp³-hybridized carbons (Fsp3) is 0.677. The summed E-state index contributed by atoms with van der Waals surface area (Å²) in [4.78, 5) is 59.1. The van der Waals surface area contributed by atoms with Crippen molar-refractivity contribution in [2.24, 2.45) is 11.3 Å². The fourth-order valence-electron chi connectivity index (χ4n) is 6.71. The van der Waals surface area contributed by atoms with Gasteiger partial charge in [0.25, 0.3) is 11.8 Å². The molecule has 5 aliphatic rings. The minimum atomic E-state index is -1.48. The van der Waals surface area contributed by atoms with Gasteiger partial charge in [0.15, 0.2) is 6.10 Å². The Labute approximate surface area is 247 Å². The lowest BCUT2D eigenvalue weighted by Crippen LogP contribution is -2.59. The molecule has 6 rings (SSSR count). The fourth-order valence-corrected chi connectivity index (χ4v) is 6.71. The summed E-state index contributed by atoms with van der Waals surface area (Å²) >= 11 is 0. The minimum Gasteiger partial charge on any atom is -0.381 e. The molecule has 0 aromatic heterocycles. The Morgan fingerprint density at radius 2 is 1.74 bits per heavy atom. The number of carbonyl (C=O) groups is 4. The number of hydrogen-bond donors (Lipinski definition) is 4. The number of likely N-dealkylation sites (tertiary alicyclic amines) is 1. The van der Waals surface area contributed by atoms with Crippen LogP contribution in [0.1, 0.15) is 61.7 Å². The van der Waals surface area contributed by atoms with E-state index in [0.717, 1.165) is 64.0 Å². The van der Waals surface area contributed by atoms with E-state index in [1.54, 1.807) is 4.90 Å². The largest absolute Gasteiger partial charge is 0.381 e. The van der Waals surface area contributed by atoms with Crippen LogP contribution in [0.2, 0.25) is 0 Å². The zero-order chi connectivity index (χ0) is 29.4. The highest BCUT2D eigenvalue weighted by atomic mass is 16.3. The van der Waals surface area contributed by atoms with E-state index in [0.29, 0.717) is 31.5 Å². The van der Waals surface area contributed by atoms with Crippen LogP contribution in [0.4, 0.5) is 5.69 Å². The third kappa shape index (κ3) is 6.41. The number of aliphatic hydroxyl groups is 1. The van der Waals surface area contributed by atoms with Gasteiger partial charge >= 0.3 is 0 Å². The topological polar surface area (TPSA) is 134 Å². The maximum atomic E-state index is 13.9. The van der Waals surface area contributed by atoms with Gasteiger partial charge in [0.2, 0.25) is 11.8 Å². The second kappa shape index (κ2) is 11.8. The summed E-state index contributed by atoms with van der Waals surface area (Å²) in [6.07, 6.45) is 4.52. The van der Waals surface area contributed by atoms with Gasteiger partial charge in [0, 0.05) is 62.5 Å². The van der Waals surface area contributed by atoms with E-state index in [9.17, 15) is 24.3 Å². The van der Waals surface area contributed by atoms with E-state index >= 15 is 0 Å². The number of aliphatic hydroxyl groups excluding tert-OH is 1. The van der Waals surface area contributed by atoms with Crippen LogP contribution < -0.4 is 20.9 Å². The molecule has 2 aliphatic carbocycles. The van der Waals surface area contributed by atoms with Crippen LogP contribution in [0, 0.1) is 11.3 Å². The normalized spacial score (nSPS) is 26.9. The van der Waals surface area contributed by atoms with E-state index in [1.165, 1.54) is 0 Å². The molecule has 11 heteroatoms. The van der Waals surface area contributed by atoms with E-state index in [1.807, 2.05) is 24.3 Å². The van der Waals surface area contributed by atoms with Crippen LogP contribution in [-0.2, 0) is 14.4 Å². The summed E-state index contributed by atoms with van der Waals surface area (Å²) in [6.45, 7) is 4.89. The van der Waals surface area contributed by atoms with Gasteiger partial charge in [-0.15, -0.1) is 0 Å². The standard InChI is InChI=1S/C31H44N6O5/c1-35-14-16-36(17-15-35)23-6-2-20(3-7-23)30(42)37-13-11-31(9-10-31)19-25(37)28(40)34-24(18-21-8-12-32-27(21)39)26(38)29(41)33-22-4-5-22/h2-3,6-7,21-22,24-26,38H,4-5,8-19H2,1H3,(H,32,39)(H,33,41)(H,34,40)/t21-,24?,25-,26?/m0/s1. The smallest absolute Gasteiger partial charge is 0.254 e. The molecule has 4 amide bonds. The summed E-state index contributed by atoms with van der Waals surface area (Å²) in [6, 6.07) is 6.09. The number of hydrogen-bond acceptors (Lipinski definition) is 7. The highest BCUT2D eigenvalue weighted by molar-refractivity contribution is 5.98. The molecule has 0 bridgehead atoms. The Bertz CT molecular complexity index is 1190. The second-order valence-electron chi connectivity index (χ2n) is 13.2. The molecular formula is C31H44N6O5. The molecule has 3 aliphatic heterocycles. The molecule has 0 radical (unpaired) electrons. The average molecular weight is 581 g/mol. The number of likely N-dealkylation sites (N-methyl/N-ethyl adjacent to an activating group) is 1. The van der Waals surface area contributed by atoms with Crippen LogP contribution in [-0.4, -0.2) is 109 Å². The molecule has 42 heavy (non-hydrogen) atoms. The predicted octanol–water partition coefficient (Wildman–Crippen LogP) is 0.474. The van der Waals surface area contributed by atoms with Crippen molar-refractivity contribution in [1.29, 1.82) is 0 Å². The first kappa shape index (κ1) is 28.9. The van der Waals surface area contributed by atoms with Crippen molar-refractivity contribution < 1.29 is 24.3 Å². The van der Waals surface area contributed by atoms with Gasteiger partial charge in [-0.25, -0.2) is 0 Å². The van der Waals surface area contributed by atoms with Gasteiger partial charge in [-0.05, 0) is 88.1 Å². The first-order chi connectivity index (χ1) is 20.2. The Morgan fingerprint density at radius 3 is 2.36 bits per heavy atom. The Balaban J connectivity index is 1.17. The molecule has 4 N–H and O–H groups in total. The van der Waals surface area contributed by atoms with Crippen molar-refractivity contribution in [3.05, 3.63) is 29.8 Å². The number of nitrogens with one attached hydrogen (secondary N) is 3. The van der Waals surface area contributed by atoms with Crippen molar-refractivity contribution in [2.45, 2.75) is 75.6 Å². The lowest BCUT2D eigenvalue weighted by Gasteiger charge is -2.40. The Kier molecular flexibility index (Phi) is 8.15. The van der Waals surface area contributed by atoms with Gasteiger partial charge in [0.05, 0.1) is 6.04 Å². The molecule has 2 unspecified atom stereocenters. The van der Waals surface area contributed by atoms with Crippen LogP contribution in [0.25, 0.3) is 0 Å². The van der Waals surface area contributed by atoms with Crippen molar-refractivity contribution in [3.63, 3.8) is 0 Å². The van der Waals surface area contributed by atoms with Gasteiger partial charge in [-0.3, -0.25) is 19.2 Å². The minimum absolute atomic E-state index is 0.0575. The molecule has 3 saturated heterocycles. The van der Waals surface area contributed by atoms with E-state index in [4.69, 9.17) is 0 Å². The predicted molar refractivity (Wildman–Crippen MR) is 157 cm³/mol. The van der Waals surface area contributed by atoms with Crippen LogP contribution in [0.5, 0.6) is 0 Å². The number of piperidine rings is 1. The zero-order valence-electron chi connectivity index (χ0n) is 24.5. The third-order valence-corrected chi connectivity index (χ3v) is 9.99. The van der Waals surface area contributed by atoms with Crippen molar-refractivity contribution in [1.82, 2.24) is 25.8 Å². The quantitative estimate of drug-likeness (QED) is 0.334. The zero-order valence-corrected chi connectivity index (χ0v) is 24.5. The highest BCUT2D eigenvalue weighted by Crippen LogP contribution is 2.55. The van der Waals surface area contributed by atoms with E-state index in [-0.39, 0.29) is 35.6 Å². The van der Waals surface area contributed by atoms with E-state index in [2.05, 4.69) is 32.8 Å². The number of piperazine rings is 1. The molecular weight excluding hydrogens is 536 g/mol. The summed E-state index contributed by atoms with van der Waals surface area (Å²) in [7, 11) is 2.12. The maximum absolute atomic E-state index is 13.9. The molecule has 1 aromatic rings. The molecule has 1 aromatic carbocycles. The molecule has 5 fully saturated rings. The third-order valence-electron chi connectivity index (χ3n) is 9.99. The first-order valence-electron chi connectivity index (χ1n) is 15.6. The molecule has 1 spiro atoms. The van der Waals surface area contributed by atoms with Gasteiger partial charge in [-0.1, -0.05) is 0 Å². The summed E-state index contributed by atoms with van der Waals surface area (Å²) in [5.41, 5.74) is 1.70. The van der Waals surface area contributed by atoms with Crippen molar-refractivity contribution in [3.8, 4) is 0 Å². The highest BCUT2D eigenvalue weighted by Gasteiger charge is 2.51. The number of nitrogens with zero attached hydrogens (tertiary/aromatic N) is 3. The molecule has 2 saturated carbocycles. The summed E-state index contributed by atoms with van der Waals surface area (Å²) < 4.78 is 0. The average Bonchev–Trinajstić information content (AvgIpc) is 3.93. The SMILES string of the molecule is CN1CCN(c2ccc(C(=O)N3CCC4(CC4)C[C@H]3C(=O)NC(C[C@@H]3CCNC3=O)C(O)C(=O)NC3CC3)cc2)CC1. The van der Waals surface area contributed by atoms with E-state index < -0.39 is 30.0 Å². The van der Waals surface area contributed by atoms with Crippen LogP contribution >= 0.6 is 0 Å². The molecule has 228 valence electrons. The monoisotopic (exact) mass is 580 g/mol. The maximum Gasteiger partial charge on any atom is 0.254 e. The van der Waals surface area contributed by atoms with Gasteiger partial charge in [-0.2, -0.15) is 0 Å². The van der Waals surface area contributed by atoms with Crippen molar-refractivity contribution >= 4 is 29.3 Å². The molecule has 3 heterocycles. The number of benzene rings is 1. The lowest BCUT2D eigenvalue weighted by atomic mass is 9.86. The summed E-state index contributed by atoms with van der Waals surface area (Å²) in [5, 5.41) is 19.6. The summed E-state index contributed by atoms with van der Waals surface area (Å²) in [5.74, 6) is -1.61. The van der Waals surface area contributed by atoms with Crippen molar-refractivity contribution in [2.75, 3.05) is 51.2 Å². The number of amides is 4.